The highest BCUT2D eigenvalue weighted by molar-refractivity contribution is 8.18. The van der Waals surface area contributed by atoms with Gasteiger partial charge in [-0.15, -0.1) is 23.5 Å². The maximum Gasteiger partial charge on any atom is 0.0714 e. The minimum absolute atomic E-state index is 1.11. The van der Waals surface area contributed by atoms with Crippen LogP contribution in [0.4, 0.5) is 0 Å². The summed E-state index contributed by atoms with van der Waals surface area (Å²) in [5.41, 5.74) is 1.11. The topological polar surface area (TPSA) is 12.9 Å². The fourth-order valence-corrected chi connectivity index (χ4v) is 3.96. The lowest BCUT2D eigenvalue weighted by Gasteiger charge is -2.01. The third-order valence-electron chi connectivity index (χ3n) is 2.11. The first-order valence-corrected chi connectivity index (χ1v) is 6.05. The van der Waals surface area contributed by atoms with Crippen molar-refractivity contribution in [1.29, 1.82) is 0 Å². The second-order valence-corrected chi connectivity index (χ2v) is 5.24. The Morgan fingerprint density at radius 3 is 3.08 bits per heavy atom. The number of nitrogens with zero attached hydrogens (tertiary/aromatic N) is 1. The first kappa shape index (κ1) is 7.71. The molecule has 0 bridgehead atoms. The van der Waals surface area contributed by atoms with E-state index >= 15 is 0 Å². The Hall–Kier alpha value is -0.670. The van der Waals surface area contributed by atoms with Crippen molar-refractivity contribution in [3.8, 4) is 0 Å². The van der Waals surface area contributed by atoms with Crippen LogP contribution in [0.1, 0.15) is 0 Å². The monoisotopic (exact) mass is 205 g/mol. The standard InChI is InChI=1S/C10H7NS2/c1-2-4-8-7(3-1)10-9(5-11-8)12-6-13-10/h1-5H,6H2. The molecule has 1 nitrogen and oxygen atoms in total. The fourth-order valence-electron chi connectivity index (χ4n) is 1.50. The molecule has 0 fully saturated rings. The quantitative estimate of drug-likeness (QED) is 0.654. The molecule has 1 aliphatic heterocycles. The molecule has 0 aliphatic carbocycles. The molecule has 0 saturated heterocycles. The van der Waals surface area contributed by atoms with Crippen molar-refractivity contribution in [3.63, 3.8) is 0 Å². The first-order chi connectivity index (χ1) is 6.45. The molecule has 64 valence electrons. The number of para-hydroxylation sites is 1. The number of fused-ring (bicyclic) bond motifs is 3. The molecule has 0 saturated carbocycles. The Bertz CT molecular complexity index is 467. The van der Waals surface area contributed by atoms with E-state index < -0.39 is 0 Å². The molecule has 3 rings (SSSR count). The van der Waals surface area contributed by atoms with Crippen LogP contribution in [0.25, 0.3) is 10.9 Å². The van der Waals surface area contributed by atoms with Crippen LogP contribution < -0.4 is 0 Å². The number of rotatable bonds is 0. The van der Waals surface area contributed by atoms with E-state index in [1.165, 1.54) is 15.2 Å². The lowest BCUT2D eigenvalue weighted by Crippen LogP contribution is -1.80. The number of benzene rings is 1. The highest BCUT2D eigenvalue weighted by Crippen LogP contribution is 2.44. The number of pyridine rings is 1. The van der Waals surface area contributed by atoms with E-state index in [0.717, 1.165) is 10.6 Å². The third-order valence-corrected chi connectivity index (χ3v) is 4.53. The van der Waals surface area contributed by atoms with Gasteiger partial charge in [0.15, 0.2) is 0 Å². The summed E-state index contributed by atoms with van der Waals surface area (Å²) in [7, 11) is 0. The number of thioether (sulfide) groups is 2. The van der Waals surface area contributed by atoms with E-state index in [4.69, 9.17) is 0 Å². The molecule has 2 heterocycles. The van der Waals surface area contributed by atoms with Crippen LogP contribution in [0.3, 0.4) is 0 Å². The zero-order chi connectivity index (χ0) is 8.67. The number of aromatic nitrogens is 1. The van der Waals surface area contributed by atoms with Crippen LogP contribution in [-0.4, -0.2) is 10.1 Å². The molecular weight excluding hydrogens is 198 g/mol. The zero-order valence-corrected chi connectivity index (χ0v) is 8.49. The van der Waals surface area contributed by atoms with Gasteiger partial charge < -0.3 is 0 Å². The molecular formula is C10H7NS2. The Labute approximate surface area is 84.9 Å². The number of hydrogen-bond acceptors (Lipinski definition) is 3. The second-order valence-electron chi connectivity index (χ2n) is 2.88. The highest BCUT2D eigenvalue weighted by atomic mass is 32.2. The Balaban J connectivity index is 2.43. The number of hydrogen-bond donors (Lipinski definition) is 0. The molecule has 0 spiro atoms. The summed E-state index contributed by atoms with van der Waals surface area (Å²) in [5.74, 6) is 0. The predicted molar refractivity (Wildman–Crippen MR) is 58.3 cm³/mol. The molecule has 0 radical (unpaired) electrons. The molecule has 2 aromatic rings. The maximum absolute atomic E-state index is 4.42. The summed E-state index contributed by atoms with van der Waals surface area (Å²) < 4.78 is 0. The van der Waals surface area contributed by atoms with Gasteiger partial charge in [-0.1, -0.05) is 18.2 Å². The van der Waals surface area contributed by atoms with Crippen molar-refractivity contribution in [2.75, 3.05) is 5.08 Å². The summed E-state index contributed by atoms with van der Waals surface area (Å²) in [5, 5.41) is 2.43. The summed E-state index contributed by atoms with van der Waals surface area (Å²) >= 11 is 3.80. The summed E-state index contributed by atoms with van der Waals surface area (Å²) in [6.45, 7) is 0. The molecule has 0 N–H and O–H groups in total. The summed E-state index contributed by atoms with van der Waals surface area (Å²) in [4.78, 5) is 7.17. The molecule has 1 aromatic heterocycles. The highest BCUT2D eigenvalue weighted by Gasteiger charge is 2.15. The van der Waals surface area contributed by atoms with Gasteiger partial charge in [-0.25, -0.2) is 0 Å². The van der Waals surface area contributed by atoms with E-state index in [9.17, 15) is 0 Å². The first-order valence-electron chi connectivity index (χ1n) is 4.08. The molecule has 0 atom stereocenters. The maximum atomic E-state index is 4.42. The van der Waals surface area contributed by atoms with E-state index in [1.54, 1.807) is 0 Å². The second kappa shape index (κ2) is 2.93. The lowest BCUT2D eigenvalue weighted by atomic mass is 10.2. The largest absolute Gasteiger partial charge is 0.255 e. The lowest BCUT2D eigenvalue weighted by molar-refractivity contribution is 1.21. The Kier molecular flexibility index (Phi) is 1.73. The third kappa shape index (κ3) is 1.15. The van der Waals surface area contributed by atoms with Gasteiger partial charge in [-0.05, 0) is 6.07 Å². The molecule has 0 unspecified atom stereocenters. The molecule has 0 amide bonds. The SMILES string of the molecule is c1ccc2c3c(cnc2c1)SCS3. The smallest absolute Gasteiger partial charge is 0.0714 e. The van der Waals surface area contributed by atoms with Crippen molar-refractivity contribution in [2.45, 2.75) is 9.79 Å². The van der Waals surface area contributed by atoms with Crippen LogP contribution >= 0.6 is 23.5 Å². The van der Waals surface area contributed by atoms with Crippen molar-refractivity contribution < 1.29 is 0 Å². The molecule has 3 heteroatoms. The van der Waals surface area contributed by atoms with Gasteiger partial charge in [-0.2, -0.15) is 0 Å². The predicted octanol–water partition coefficient (Wildman–Crippen LogP) is 3.39. The zero-order valence-electron chi connectivity index (χ0n) is 6.86. The minimum Gasteiger partial charge on any atom is -0.255 e. The van der Waals surface area contributed by atoms with Gasteiger partial charge in [0, 0.05) is 26.5 Å². The van der Waals surface area contributed by atoms with Gasteiger partial charge >= 0.3 is 0 Å². The van der Waals surface area contributed by atoms with E-state index in [1.807, 2.05) is 35.8 Å². The van der Waals surface area contributed by atoms with Crippen molar-refractivity contribution >= 4 is 34.4 Å². The molecule has 1 aliphatic rings. The van der Waals surface area contributed by atoms with Gasteiger partial charge in [0.05, 0.1) is 5.52 Å². The van der Waals surface area contributed by atoms with Crippen molar-refractivity contribution in [3.05, 3.63) is 30.5 Å². The average molecular weight is 205 g/mol. The Morgan fingerprint density at radius 1 is 1.15 bits per heavy atom. The average Bonchev–Trinajstić information content (AvgIpc) is 2.65. The van der Waals surface area contributed by atoms with Crippen LogP contribution in [0.2, 0.25) is 0 Å². The van der Waals surface area contributed by atoms with Crippen molar-refractivity contribution in [1.82, 2.24) is 4.98 Å². The van der Waals surface area contributed by atoms with Gasteiger partial charge in [0.2, 0.25) is 0 Å². The van der Waals surface area contributed by atoms with E-state index in [-0.39, 0.29) is 0 Å². The van der Waals surface area contributed by atoms with Crippen LogP contribution in [0.15, 0.2) is 40.3 Å². The summed E-state index contributed by atoms with van der Waals surface area (Å²) in [6.07, 6.45) is 1.99. The van der Waals surface area contributed by atoms with E-state index in [0.29, 0.717) is 0 Å². The van der Waals surface area contributed by atoms with Gasteiger partial charge in [0.1, 0.15) is 0 Å². The van der Waals surface area contributed by atoms with Crippen LogP contribution in [-0.2, 0) is 0 Å². The summed E-state index contributed by atoms with van der Waals surface area (Å²) in [6, 6.07) is 8.33. The van der Waals surface area contributed by atoms with E-state index in [2.05, 4.69) is 23.2 Å². The van der Waals surface area contributed by atoms with Gasteiger partial charge in [0.25, 0.3) is 0 Å². The Morgan fingerprint density at radius 2 is 2.08 bits per heavy atom. The molecule has 1 aromatic carbocycles. The minimum atomic E-state index is 1.11. The van der Waals surface area contributed by atoms with Crippen molar-refractivity contribution in [2.24, 2.45) is 0 Å². The fraction of sp³-hybridized carbons (Fsp3) is 0.100. The van der Waals surface area contributed by atoms with Crippen LogP contribution in [0, 0.1) is 0 Å². The van der Waals surface area contributed by atoms with Crippen LogP contribution in [0.5, 0.6) is 0 Å². The normalized spacial score (nSPS) is 14.8. The molecule has 13 heavy (non-hydrogen) atoms. The van der Waals surface area contributed by atoms with Gasteiger partial charge in [-0.3, -0.25) is 4.98 Å².